The summed E-state index contributed by atoms with van der Waals surface area (Å²) in [6.45, 7) is 2.57. The highest BCUT2D eigenvalue weighted by molar-refractivity contribution is 7.99. The molecule has 0 aliphatic heterocycles. The van der Waals surface area contributed by atoms with Gasteiger partial charge < -0.3 is 10.2 Å². The van der Waals surface area contributed by atoms with Crippen LogP contribution in [0.3, 0.4) is 0 Å². The molecule has 2 amide bonds. The molecule has 0 unspecified atom stereocenters. The summed E-state index contributed by atoms with van der Waals surface area (Å²) in [5, 5.41) is 3.25. The highest BCUT2D eigenvalue weighted by Gasteiger charge is 2.29. The van der Waals surface area contributed by atoms with Crippen LogP contribution in [0.25, 0.3) is 0 Å². The van der Waals surface area contributed by atoms with Gasteiger partial charge in [0.1, 0.15) is 6.04 Å². The van der Waals surface area contributed by atoms with Crippen molar-refractivity contribution in [2.24, 2.45) is 0 Å². The zero-order valence-electron chi connectivity index (χ0n) is 19.2. The SMILES string of the molecule is CC[C@@H](C(=O)NC1CCCCC1)N(CCc1ccccc1)C(=O)CCSc1ccccc1. The van der Waals surface area contributed by atoms with E-state index in [0.717, 1.165) is 19.3 Å². The molecule has 0 saturated heterocycles. The van der Waals surface area contributed by atoms with E-state index in [4.69, 9.17) is 0 Å². The molecule has 0 aromatic heterocycles. The average Bonchev–Trinajstić information content (AvgIpc) is 2.83. The van der Waals surface area contributed by atoms with E-state index in [-0.39, 0.29) is 17.9 Å². The Kier molecular flexibility index (Phi) is 10.1. The summed E-state index contributed by atoms with van der Waals surface area (Å²) in [5.41, 5.74) is 1.19. The van der Waals surface area contributed by atoms with Crippen molar-refractivity contribution < 1.29 is 9.59 Å². The first-order valence-corrected chi connectivity index (χ1v) is 13.0. The second-order valence-corrected chi connectivity index (χ2v) is 9.67. The van der Waals surface area contributed by atoms with E-state index in [1.807, 2.05) is 48.2 Å². The van der Waals surface area contributed by atoms with Crippen LogP contribution in [-0.4, -0.2) is 41.1 Å². The fourth-order valence-electron chi connectivity index (χ4n) is 4.36. The number of benzene rings is 2. The van der Waals surface area contributed by atoms with Crippen molar-refractivity contribution in [2.75, 3.05) is 12.3 Å². The molecule has 0 bridgehead atoms. The fraction of sp³-hybridized carbons (Fsp3) is 0.481. The minimum absolute atomic E-state index is 0.0107. The third-order valence-corrected chi connectivity index (χ3v) is 7.16. The second-order valence-electron chi connectivity index (χ2n) is 8.50. The summed E-state index contributed by atoms with van der Waals surface area (Å²) in [7, 11) is 0. The van der Waals surface area contributed by atoms with Gasteiger partial charge in [-0.2, -0.15) is 0 Å². The van der Waals surface area contributed by atoms with Gasteiger partial charge in [-0.15, -0.1) is 11.8 Å². The Morgan fingerprint density at radius 2 is 1.66 bits per heavy atom. The van der Waals surface area contributed by atoms with Crippen LogP contribution in [0, 0.1) is 0 Å². The van der Waals surface area contributed by atoms with E-state index < -0.39 is 6.04 Å². The van der Waals surface area contributed by atoms with Gasteiger partial charge in [0.15, 0.2) is 0 Å². The fourth-order valence-corrected chi connectivity index (χ4v) is 5.22. The molecule has 172 valence electrons. The molecule has 3 rings (SSSR count). The standard InChI is InChI=1S/C27H36N2O2S/c1-2-25(27(31)28-23-14-8-4-9-15-23)29(20-18-22-12-6-3-7-13-22)26(30)19-21-32-24-16-10-5-11-17-24/h3,5-7,10-13,16-17,23,25H,2,4,8-9,14-15,18-21H2,1H3,(H,28,31)/t25-/m0/s1. The second kappa shape index (κ2) is 13.3. The highest BCUT2D eigenvalue weighted by Crippen LogP contribution is 2.21. The third kappa shape index (κ3) is 7.70. The van der Waals surface area contributed by atoms with Crippen LogP contribution in [0.15, 0.2) is 65.6 Å². The minimum Gasteiger partial charge on any atom is -0.352 e. The van der Waals surface area contributed by atoms with Crippen LogP contribution in [0.2, 0.25) is 0 Å². The summed E-state index contributed by atoms with van der Waals surface area (Å²) in [6, 6.07) is 20.2. The number of carbonyl (C=O) groups excluding carboxylic acids is 2. The summed E-state index contributed by atoms with van der Waals surface area (Å²) in [4.78, 5) is 29.5. The van der Waals surface area contributed by atoms with Gasteiger partial charge in [-0.05, 0) is 43.4 Å². The first kappa shape index (κ1) is 24.4. The molecule has 2 aromatic carbocycles. The van der Waals surface area contributed by atoms with Gasteiger partial charge in [-0.25, -0.2) is 0 Å². The summed E-state index contributed by atoms with van der Waals surface area (Å²) < 4.78 is 0. The number of carbonyl (C=O) groups is 2. The molecule has 2 aromatic rings. The number of hydrogen-bond acceptors (Lipinski definition) is 3. The smallest absolute Gasteiger partial charge is 0.243 e. The lowest BCUT2D eigenvalue weighted by Crippen LogP contribution is -2.52. The normalized spacial score (nSPS) is 15.2. The maximum atomic E-state index is 13.3. The summed E-state index contributed by atoms with van der Waals surface area (Å²) >= 11 is 1.69. The first-order chi connectivity index (χ1) is 15.7. The highest BCUT2D eigenvalue weighted by atomic mass is 32.2. The molecule has 32 heavy (non-hydrogen) atoms. The molecule has 1 N–H and O–H groups in total. The number of amides is 2. The van der Waals surface area contributed by atoms with Gasteiger partial charge in [-0.3, -0.25) is 9.59 Å². The zero-order valence-corrected chi connectivity index (χ0v) is 20.0. The Morgan fingerprint density at radius 1 is 1.00 bits per heavy atom. The molecule has 4 nitrogen and oxygen atoms in total. The van der Waals surface area contributed by atoms with Crippen molar-refractivity contribution >= 4 is 23.6 Å². The van der Waals surface area contributed by atoms with E-state index >= 15 is 0 Å². The predicted molar refractivity (Wildman–Crippen MR) is 133 cm³/mol. The molecule has 1 aliphatic carbocycles. The monoisotopic (exact) mass is 452 g/mol. The van der Waals surface area contributed by atoms with E-state index in [9.17, 15) is 9.59 Å². The molecule has 1 saturated carbocycles. The van der Waals surface area contributed by atoms with Crippen LogP contribution in [0.1, 0.15) is 57.4 Å². The predicted octanol–water partition coefficient (Wildman–Crippen LogP) is 5.47. The Bertz CT molecular complexity index is 822. The molecular weight excluding hydrogens is 416 g/mol. The Labute approximate surface area is 197 Å². The molecular formula is C27H36N2O2S. The van der Waals surface area contributed by atoms with Crippen molar-refractivity contribution in [3.05, 3.63) is 66.2 Å². The minimum atomic E-state index is -0.408. The number of nitrogens with one attached hydrogen (secondary N) is 1. The van der Waals surface area contributed by atoms with Crippen molar-refractivity contribution in [1.29, 1.82) is 0 Å². The first-order valence-electron chi connectivity index (χ1n) is 12.0. The van der Waals surface area contributed by atoms with Gasteiger partial charge >= 0.3 is 0 Å². The Hall–Kier alpha value is -2.27. The quantitative estimate of drug-likeness (QED) is 0.460. The lowest BCUT2D eigenvalue weighted by molar-refractivity contribution is -0.140. The molecule has 1 aliphatic rings. The Morgan fingerprint density at radius 3 is 2.31 bits per heavy atom. The number of hydrogen-bond donors (Lipinski definition) is 1. The van der Waals surface area contributed by atoms with Crippen LogP contribution in [0.5, 0.6) is 0 Å². The molecule has 1 fully saturated rings. The Balaban J connectivity index is 1.64. The van der Waals surface area contributed by atoms with Gasteiger partial charge in [-0.1, -0.05) is 74.7 Å². The van der Waals surface area contributed by atoms with Crippen LogP contribution in [0.4, 0.5) is 0 Å². The molecule has 0 radical (unpaired) electrons. The summed E-state index contributed by atoms with van der Waals surface area (Å²) in [6.07, 6.45) is 7.52. The lowest BCUT2D eigenvalue weighted by atomic mass is 9.95. The largest absolute Gasteiger partial charge is 0.352 e. The van der Waals surface area contributed by atoms with Crippen molar-refractivity contribution in [3.63, 3.8) is 0 Å². The van der Waals surface area contributed by atoms with Gasteiger partial charge in [0.05, 0.1) is 0 Å². The van der Waals surface area contributed by atoms with Crippen molar-refractivity contribution in [3.8, 4) is 0 Å². The topological polar surface area (TPSA) is 49.4 Å². The zero-order chi connectivity index (χ0) is 22.6. The lowest BCUT2D eigenvalue weighted by Gasteiger charge is -2.33. The average molecular weight is 453 g/mol. The van der Waals surface area contributed by atoms with Crippen LogP contribution >= 0.6 is 11.8 Å². The van der Waals surface area contributed by atoms with E-state index in [1.165, 1.54) is 29.7 Å². The number of nitrogens with zero attached hydrogens (tertiary/aromatic N) is 1. The number of rotatable bonds is 11. The van der Waals surface area contributed by atoms with E-state index in [2.05, 4.69) is 29.6 Å². The van der Waals surface area contributed by atoms with E-state index in [1.54, 1.807) is 11.8 Å². The van der Waals surface area contributed by atoms with Gasteiger partial charge in [0.2, 0.25) is 11.8 Å². The van der Waals surface area contributed by atoms with E-state index in [0.29, 0.717) is 25.1 Å². The van der Waals surface area contributed by atoms with Gasteiger partial charge in [0, 0.05) is 29.7 Å². The maximum Gasteiger partial charge on any atom is 0.243 e. The molecule has 0 heterocycles. The van der Waals surface area contributed by atoms with Crippen molar-refractivity contribution in [1.82, 2.24) is 10.2 Å². The third-order valence-electron chi connectivity index (χ3n) is 6.15. The molecule has 5 heteroatoms. The molecule has 1 atom stereocenters. The van der Waals surface area contributed by atoms with Crippen LogP contribution < -0.4 is 5.32 Å². The van der Waals surface area contributed by atoms with Gasteiger partial charge in [0.25, 0.3) is 0 Å². The maximum absolute atomic E-state index is 13.3. The summed E-state index contributed by atoms with van der Waals surface area (Å²) in [5.74, 6) is 0.789. The number of thioether (sulfide) groups is 1. The van der Waals surface area contributed by atoms with Crippen molar-refractivity contribution in [2.45, 2.75) is 75.3 Å². The molecule has 0 spiro atoms. The van der Waals surface area contributed by atoms with Crippen LogP contribution in [-0.2, 0) is 16.0 Å².